The van der Waals surface area contributed by atoms with Crippen LogP contribution in [0.2, 0.25) is 0 Å². The number of thiophene rings is 1. The molecule has 1 unspecified atom stereocenters. The smallest absolute Gasteiger partial charge is 0.435 e. The molecule has 0 fully saturated rings. The standard InChI is InChI=1S/C21H23F3N4O4S/c1-12(26-19(30)32-20(2,3)4)18(29)25-11-13-7-8-17(33-13)28-14(15-6-5-9-31-15)10-16(27-28)21(22,23)24/h5-10,12H,11H2,1-4H3,(H,25,29)(H,26,30). The maximum Gasteiger partial charge on any atom is 0.435 e. The predicted molar refractivity (Wildman–Crippen MR) is 115 cm³/mol. The van der Waals surface area contributed by atoms with E-state index < -0.39 is 35.5 Å². The van der Waals surface area contributed by atoms with E-state index in [0.717, 1.165) is 22.1 Å². The van der Waals surface area contributed by atoms with Crippen LogP contribution >= 0.6 is 11.3 Å². The zero-order valence-corrected chi connectivity index (χ0v) is 19.1. The van der Waals surface area contributed by atoms with Crippen molar-refractivity contribution in [3.63, 3.8) is 0 Å². The van der Waals surface area contributed by atoms with Crippen LogP contribution in [0.4, 0.5) is 18.0 Å². The van der Waals surface area contributed by atoms with Crippen molar-refractivity contribution in [2.24, 2.45) is 0 Å². The second-order valence-corrected chi connectivity index (χ2v) is 9.27. The Kier molecular flexibility index (Phi) is 6.86. The number of rotatable bonds is 6. The summed E-state index contributed by atoms with van der Waals surface area (Å²) in [5.41, 5.74) is -1.58. The quantitative estimate of drug-likeness (QED) is 0.527. The van der Waals surface area contributed by atoms with Crippen LogP contribution in [-0.4, -0.2) is 33.4 Å². The first-order valence-corrected chi connectivity index (χ1v) is 10.7. The van der Waals surface area contributed by atoms with Gasteiger partial charge in [0.05, 0.1) is 12.8 Å². The van der Waals surface area contributed by atoms with Gasteiger partial charge in [-0.15, -0.1) is 11.3 Å². The first kappa shape index (κ1) is 24.4. The molecule has 33 heavy (non-hydrogen) atoms. The van der Waals surface area contributed by atoms with Crippen LogP contribution in [0.1, 0.15) is 38.3 Å². The number of nitrogens with one attached hydrogen (secondary N) is 2. The number of carbonyl (C=O) groups is 2. The average Bonchev–Trinajstić information content (AvgIpc) is 3.42. The molecule has 0 saturated carbocycles. The minimum atomic E-state index is -4.61. The van der Waals surface area contributed by atoms with E-state index in [9.17, 15) is 22.8 Å². The van der Waals surface area contributed by atoms with Gasteiger partial charge in [0.1, 0.15) is 22.3 Å². The lowest BCUT2D eigenvalue weighted by molar-refractivity contribution is -0.141. The lowest BCUT2D eigenvalue weighted by Gasteiger charge is -2.21. The molecule has 3 aromatic rings. The highest BCUT2D eigenvalue weighted by Crippen LogP contribution is 2.34. The fourth-order valence-corrected chi connectivity index (χ4v) is 3.65. The number of aromatic nitrogens is 2. The monoisotopic (exact) mass is 484 g/mol. The molecule has 0 saturated heterocycles. The highest BCUT2D eigenvalue weighted by molar-refractivity contribution is 7.14. The lowest BCUT2D eigenvalue weighted by Crippen LogP contribution is -2.46. The summed E-state index contributed by atoms with van der Waals surface area (Å²) >= 11 is 1.16. The molecular formula is C21H23F3N4O4S. The highest BCUT2D eigenvalue weighted by Gasteiger charge is 2.36. The molecule has 2 N–H and O–H groups in total. The summed E-state index contributed by atoms with van der Waals surface area (Å²) in [6.45, 7) is 6.76. The van der Waals surface area contributed by atoms with Crippen LogP contribution < -0.4 is 10.6 Å². The molecule has 1 atom stereocenters. The van der Waals surface area contributed by atoms with Crippen molar-refractivity contribution < 1.29 is 31.9 Å². The number of carbonyl (C=O) groups excluding carboxylic acids is 2. The molecule has 2 amide bonds. The Bertz CT molecular complexity index is 1110. The lowest BCUT2D eigenvalue weighted by atomic mass is 10.2. The van der Waals surface area contributed by atoms with E-state index in [4.69, 9.17) is 9.15 Å². The third-order valence-electron chi connectivity index (χ3n) is 4.19. The Morgan fingerprint density at radius 1 is 1.24 bits per heavy atom. The van der Waals surface area contributed by atoms with Crippen molar-refractivity contribution in [2.75, 3.05) is 0 Å². The molecule has 178 valence electrons. The van der Waals surface area contributed by atoms with E-state index in [1.807, 2.05) is 0 Å². The van der Waals surface area contributed by atoms with Crippen molar-refractivity contribution in [2.45, 2.75) is 52.1 Å². The third-order valence-corrected chi connectivity index (χ3v) is 5.25. The molecule has 0 spiro atoms. The largest absolute Gasteiger partial charge is 0.463 e. The molecule has 3 heterocycles. The van der Waals surface area contributed by atoms with Crippen molar-refractivity contribution >= 4 is 23.3 Å². The number of furan rings is 1. The molecule has 12 heteroatoms. The van der Waals surface area contributed by atoms with Gasteiger partial charge in [0.15, 0.2) is 11.5 Å². The number of hydrogen-bond donors (Lipinski definition) is 2. The van der Waals surface area contributed by atoms with Gasteiger partial charge in [-0.25, -0.2) is 9.48 Å². The van der Waals surface area contributed by atoms with E-state index in [2.05, 4.69) is 15.7 Å². The van der Waals surface area contributed by atoms with Crippen LogP contribution in [0, 0.1) is 0 Å². The summed E-state index contributed by atoms with van der Waals surface area (Å²) in [6.07, 6.45) is -3.96. The van der Waals surface area contributed by atoms with Crippen LogP contribution in [0.5, 0.6) is 0 Å². The van der Waals surface area contributed by atoms with Gasteiger partial charge < -0.3 is 19.8 Å². The van der Waals surface area contributed by atoms with E-state index in [1.54, 1.807) is 45.0 Å². The van der Waals surface area contributed by atoms with Gasteiger partial charge in [0, 0.05) is 10.9 Å². The number of hydrogen-bond acceptors (Lipinski definition) is 6. The number of halogens is 3. The molecule has 3 aromatic heterocycles. The average molecular weight is 485 g/mol. The zero-order valence-electron chi connectivity index (χ0n) is 18.3. The van der Waals surface area contributed by atoms with Crippen LogP contribution in [0.15, 0.2) is 41.0 Å². The molecule has 0 bridgehead atoms. The van der Waals surface area contributed by atoms with E-state index in [0.29, 0.717) is 9.88 Å². The maximum absolute atomic E-state index is 13.2. The van der Waals surface area contributed by atoms with Crippen LogP contribution in [0.25, 0.3) is 16.5 Å². The number of amides is 2. The van der Waals surface area contributed by atoms with Gasteiger partial charge >= 0.3 is 12.3 Å². The van der Waals surface area contributed by atoms with E-state index in [-0.39, 0.29) is 18.0 Å². The molecule has 0 aliphatic rings. The SMILES string of the molecule is CC(NC(=O)OC(C)(C)C)C(=O)NCc1ccc(-n2nc(C(F)(F)F)cc2-c2ccco2)s1. The second kappa shape index (κ2) is 9.30. The third kappa shape index (κ3) is 6.37. The summed E-state index contributed by atoms with van der Waals surface area (Å²) < 4.78 is 51.2. The number of alkyl halides is 3. The molecule has 0 aliphatic heterocycles. The van der Waals surface area contributed by atoms with Gasteiger partial charge in [-0.2, -0.15) is 18.3 Å². The summed E-state index contributed by atoms with van der Waals surface area (Å²) in [5, 5.41) is 9.24. The van der Waals surface area contributed by atoms with E-state index >= 15 is 0 Å². The first-order chi connectivity index (χ1) is 15.3. The van der Waals surface area contributed by atoms with Gasteiger partial charge in [-0.05, 0) is 52.0 Å². The number of ether oxygens (including phenoxy) is 1. The summed E-state index contributed by atoms with van der Waals surface area (Å²) in [4.78, 5) is 24.8. The number of alkyl carbamates (subject to hydrolysis) is 1. The summed E-state index contributed by atoms with van der Waals surface area (Å²) in [6, 6.07) is 6.47. The fourth-order valence-electron chi connectivity index (χ4n) is 2.74. The Balaban J connectivity index is 1.69. The second-order valence-electron chi connectivity index (χ2n) is 8.13. The summed E-state index contributed by atoms with van der Waals surface area (Å²) in [7, 11) is 0. The molecule has 0 aliphatic carbocycles. The van der Waals surface area contributed by atoms with Gasteiger partial charge in [0.2, 0.25) is 5.91 Å². The first-order valence-electron chi connectivity index (χ1n) is 9.91. The van der Waals surface area contributed by atoms with Crippen molar-refractivity contribution in [1.82, 2.24) is 20.4 Å². The van der Waals surface area contributed by atoms with Crippen LogP contribution in [-0.2, 0) is 22.3 Å². The Hall–Kier alpha value is -3.28. The zero-order chi connectivity index (χ0) is 24.4. The number of nitrogens with zero attached hydrogens (tertiary/aromatic N) is 2. The summed E-state index contributed by atoms with van der Waals surface area (Å²) in [5.74, 6) is -0.200. The molecular weight excluding hydrogens is 461 g/mol. The van der Waals surface area contributed by atoms with Crippen molar-refractivity contribution in [1.29, 1.82) is 0 Å². The Morgan fingerprint density at radius 3 is 2.58 bits per heavy atom. The topological polar surface area (TPSA) is 98.4 Å². The van der Waals surface area contributed by atoms with Crippen molar-refractivity contribution in [3.05, 3.63) is 47.2 Å². The van der Waals surface area contributed by atoms with Gasteiger partial charge in [-0.3, -0.25) is 4.79 Å². The normalized spacial score (nSPS) is 12.9. The molecule has 0 aromatic carbocycles. The maximum atomic E-state index is 13.2. The molecule has 3 rings (SSSR count). The predicted octanol–water partition coefficient (Wildman–Crippen LogP) is 4.74. The highest BCUT2D eigenvalue weighted by atomic mass is 32.1. The minimum Gasteiger partial charge on any atom is -0.463 e. The van der Waals surface area contributed by atoms with Gasteiger partial charge in [-0.1, -0.05) is 0 Å². The van der Waals surface area contributed by atoms with Crippen LogP contribution in [0.3, 0.4) is 0 Å². The molecule has 8 nitrogen and oxygen atoms in total. The Morgan fingerprint density at radius 2 is 1.97 bits per heavy atom. The van der Waals surface area contributed by atoms with Crippen molar-refractivity contribution in [3.8, 4) is 16.5 Å². The Labute approximate surface area is 191 Å². The minimum absolute atomic E-state index is 0.118. The molecule has 0 radical (unpaired) electrons. The fraction of sp³-hybridized carbons (Fsp3) is 0.381. The van der Waals surface area contributed by atoms with Gasteiger partial charge in [0.25, 0.3) is 0 Å². The van der Waals surface area contributed by atoms with E-state index in [1.165, 1.54) is 13.2 Å².